The van der Waals surface area contributed by atoms with Crippen LogP contribution in [0.25, 0.3) is 0 Å². The minimum absolute atomic E-state index is 0.0254. The lowest BCUT2D eigenvalue weighted by Crippen LogP contribution is -2.18. The van der Waals surface area contributed by atoms with Crippen molar-refractivity contribution >= 4 is 21.7 Å². The quantitative estimate of drug-likeness (QED) is 0.650. The Morgan fingerprint density at radius 1 is 1.46 bits per heavy atom. The summed E-state index contributed by atoms with van der Waals surface area (Å²) in [5.41, 5.74) is 1.09. The van der Waals surface area contributed by atoms with E-state index in [2.05, 4.69) is 22.5 Å². The molecule has 1 aliphatic heterocycles. The predicted octanol–water partition coefficient (Wildman–Crippen LogP) is 2.58. The Bertz CT molecular complexity index is 396. The van der Waals surface area contributed by atoms with Crippen LogP contribution in [0.2, 0.25) is 0 Å². The topological polar surface area (TPSA) is 26.3 Å². The average Bonchev–Trinajstić information content (AvgIpc) is 2.12. The summed E-state index contributed by atoms with van der Waals surface area (Å²) in [5.74, 6) is 0.599. The van der Waals surface area contributed by atoms with E-state index in [1.807, 2.05) is 12.1 Å². The van der Waals surface area contributed by atoms with Crippen LogP contribution in [-0.2, 0) is 0 Å². The third-order valence-corrected chi connectivity index (χ3v) is 2.55. The van der Waals surface area contributed by atoms with Crippen molar-refractivity contribution in [3.63, 3.8) is 0 Å². The van der Waals surface area contributed by atoms with Gasteiger partial charge in [0, 0.05) is 5.57 Å². The van der Waals surface area contributed by atoms with E-state index in [9.17, 15) is 4.79 Å². The fourth-order valence-corrected chi connectivity index (χ4v) is 1.73. The molecule has 13 heavy (non-hydrogen) atoms. The van der Waals surface area contributed by atoms with Crippen LogP contribution in [0.1, 0.15) is 10.4 Å². The van der Waals surface area contributed by atoms with E-state index < -0.39 is 0 Å². The summed E-state index contributed by atoms with van der Waals surface area (Å²) in [6.07, 6.45) is 0. The Kier molecular flexibility index (Phi) is 1.96. The van der Waals surface area contributed by atoms with Crippen molar-refractivity contribution < 1.29 is 9.53 Å². The molecule has 1 aromatic rings. The van der Waals surface area contributed by atoms with Crippen molar-refractivity contribution in [3.8, 4) is 5.75 Å². The lowest BCUT2D eigenvalue weighted by atomic mass is 10.0. The first kappa shape index (κ1) is 8.51. The molecule has 0 fully saturated rings. The standard InChI is InChI=1S/C10H7BrO2/c1-6-5-13-10-7(9(6)12)3-2-4-8(10)11/h2-4H,1,5H2. The molecule has 1 aliphatic rings. The maximum atomic E-state index is 11.6. The van der Waals surface area contributed by atoms with Gasteiger partial charge in [0.25, 0.3) is 0 Å². The fraction of sp³-hybridized carbons (Fsp3) is 0.100. The van der Waals surface area contributed by atoms with E-state index >= 15 is 0 Å². The van der Waals surface area contributed by atoms with Gasteiger partial charge in [0.2, 0.25) is 0 Å². The van der Waals surface area contributed by atoms with Crippen LogP contribution in [0.5, 0.6) is 5.75 Å². The summed E-state index contributed by atoms with van der Waals surface area (Å²) in [7, 11) is 0. The normalized spacial score (nSPS) is 15.2. The molecule has 66 valence electrons. The molecule has 0 radical (unpaired) electrons. The van der Waals surface area contributed by atoms with Gasteiger partial charge in [-0.05, 0) is 28.1 Å². The molecule has 3 heteroatoms. The minimum Gasteiger partial charge on any atom is -0.487 e. The first-order chi connectivity index (χ1) is 6.20. The second-order valence-electron chi connectivity index (χ2n) is 2.84. The predicted molar refractivity (Wildman–Crippen MR) is 53.1 cm³/mol. The summed E-state index contributed by atoms with van der Waals surface area (Å²) in [4.78, 5) is 11.6. The number of carbonyl (C=O) groups is 1. The number of benzene rings is 1. The molecule has 0 amide bonds. The van der Waals surface area contributed by atoms with Gasteiger partial charge in [0.05, 0.1) is 10.0 Å². The lowest BCUT2D eigenvalue weighted by molar-refractivity contribution is 0.0999. The molecule has 1 aromatic carbocycles. The van der Waals surface area contributed by atoms with Gasteiger partial charge >= 0.3 is 0 Å². The lowest BCUT2D eigenvalue weighted by Gasteiger charge is -2.18. The second kappa shape index (κ2) is 3.00. The summed E-state index contributed by atoms with van der Waals surface area (Å²) in [6, 6.07) is 5.40. The maximum Gasteiger partial charge on any atom is 0.195 e. The molecule has 0 saturated carbocycles. The van der Waals surface area contributed by atoms with Gasteiger partial charge in [0.15, 0.2) is 5.78 Å². The van der Waals surface area contributed by atoms with Crippen molar-refractivity contribution in [2.45, 2.75) is 0 Å². The number of para-hydroxylation sites is 1. The minimum atomic E-state index is -0.0254. The van der Waals surface area contributed by atoms with Gasteiger partial charge in [-0.3, -0.25) is 4.79 Å². The molecule has 0 spiro atoms. The number of ketones is 1. The van der Waals surface area contributed by atoms with Crippen molar-refractivity contribution in [3.05, 3.63) is 40.4 Å². The van der Waals surface area contributed by atoms with Crippen molar-refractivity contribution in [2.75, 3.05) is 6.61 Å². The van der Waals surface area contributed by atoms with Gasteiger partial charge < -0.3 is 4.74 Å². The van der Waals surface area contributed by atoms with E-state index in [-0.39, 0.29) is 12.4 Å². The van der Waals surface area contributed by atoms with E-state index in [4.69, 9.17) is 4.74 Å². The Labute approximate surface area is 84.3 Å². The zero-order valence-corrected chi connectivity index (χ0v) is 8.43. The Morgan fingerprint density at radius 2 is 2.23 bits per heavy atom. The number of fused-ring (bicyclic) bond motifs is 1. The first-order valence-electron chi connectivity index (χ1n) is 3.84. The molecule has 1 heterocycles. The molecule has 0 N–H and O–H groups in total. The molecule has 0 aromatic heterocycles. The van der Waals surface area contributed by atoms with Crippen LogP contribution in [0.3, 0.4) is 0 Å². The van der Waals surface area contributed by atoms with Gasteiger partial charge in [-0.15, -0.1) is 0 Å². The van der Waals surface area contributed by atoms with E-state index in [1.54, 1.807) is 6.07 Å². The van der Waals surface area contributed by atoms with Crippen molar-refractivity contribution in [2.24, 2.45) is 0 Å². The summed E-state index contributed by atoms with van der Waals surface area (Å²) < 4.78 is 6.18. The molecular weight excluding hydrogens is 232 g/mol. The number of rotatable bonds is 0. The number of ether oxygens (including phenoxy) is 1. The SMILES string of the molecule is C=C1COc2c(Br)cccc2C1=O. The molecule has 0 unspecified atom stereocenters. The Morgan fingerprint density at radius 3 is 3.00 bits per heavy atom. The molecule has 0 atom stereocenters. The van der Waals surface area contributed by atoms with Crippen molar-refractivity contribution in [1.82, 2.24) is 0 Å². The summed E-state index contributed by atoms with van der Waals surface area (Å²) in [5, 5.41) is 0. The average molecular weight is 239 g/mol. The van der Waals surface area contributed by atoms with Crippen LogP contribution in [-0.4, -0.2) is 12.4 Å². The van der Waals surface area contributed by atoms with E-state index in [1.165, 1.54) is 0 Å². The van der Waals surface area contributed by atoms with Crippen LogP contribution in [0.4, 0.5) is 0 Å². The number of hydrogen-bond acceptors (Lipinski definition) is 2. The molecule has 0 bridgehead atoms. The highest BCUT2D eigenvalue weighted by molar-refractivity contribution is 9.10. The van der Waals surface area contributed by atoms with Crippen molar-refractivity contribution in [1.29, 1.82) is 0 Å². The van der Waals surface area contributed by atoms with Gasteiger partial charge in [-0.25, -0.2) is 0 Å². The fourth-order valence-electron chi connectivity index (χ4n) is 1.25. The van der Waals surface area contributed by atoms with Gasteiger partial charge in [-0.2, -0.15) is 0 Å². The summed E-state index contributed by atoms with van der Waals surface area (Å²) in [6.45, 7) is 3.92. The highest BCUT2D eigenvalue weighted by Gasteiger charge is 2.22. The zero-order chi connectivity index (χ0) is 9.42. The van der Waals surface area contributed by atoms with Crippen LogP contribution < -0.4 is 4.74 Å². The number of Topliss-reactive ketones (excluding diaryl/α,β-unsaturated/α-hetero) is 1. The van der Waals surface area contributed by atoms with E-state index in [0.717, 1.165) is 4.47 Å². The Hall–Kier alpha value is -1.09. The first-order valence-corrected chi connectivity index (χ1v) is 4.63. The van der Waals surface area contributed by atoms with Gasteiger partial charge in [-0.1, -0.05) is 12.6 Å². The molecule has 2 nitrogen and oxygen atoms in total. The van der Waals surface area contributed by atoms with E-state index in [0.29, 0.717) is 16.9 Å². The second-order valence-corrected chi connectivity index (χ2v) is 3.69. The molecule has 2 rings (SSSR count). The van der Waals surface area contributed by atoms with Gasteiger partial charge in [0.1, 0.15) is 12.4 Å². The highest BCUT2D eigenvalue weighted by atomic mass is 79.9. The zero-order valence-electron chi connectivity index (χ0n) is 6.84. The molecule has 0 saturated heterocycles. The third kappa shape index (κ3) is 1.29. The smallest absolute Gasteiger partial charge is 0.195 e. The van der Waals surface area contributed by atoms with Crippen LogP contribution in [0.15, 0.2) is 34.8 Å². The van der Waals surface area contributed by atoms with Crippen LogP contribution in [0, 0.1) is 0 Å². The maximum absolute atomic E-state index is 11.6. The molecular formula is C10H7BrO2. The summed E-state index contributed by atoms with van der Waals surface area (Å²) >= 11 is 3.32. The monoisotopic (exact) mass is 238 g/mol. The Balaban J connectivity index is 2.62. The number of hydrogen-bond donors (Lipinski definition) is 0. The highest BCUT2D eigenvalue weighted by Crippen LogP contribution is 2.33. The molecule has 0 aliphatic carbocycles. The third-order valence-electron chi connectivity index (χ3n) is 1.92. The number of carbonyl (C=O) groups excluding carboxylic acids is 1. The van der Waals surface area contributed by atoms with Crippen LogP contribution >= 0.6 is 15.9 Å². The number of halogens is 1. The largest absolute Gasteiger partial charge is 0.487 e.